The first-order chi connectivity index (χ1) is 9.65. The van der Waals surface area contributed by atoms with Gasteiger partial charge in [-0.1, -0.05) is 11.8 Å². The Morgan fingerprint density at radius 1 is 0.950 bits per heavy atom. The molecule has 0 saturated heterocycles. The molecule has 1 aliphatic rings. The molecule has 2 nitrogen and oxygen atoms in total. The fraction of sp³-hybridized carbons (Fsp3) is 0.867. The Morgan fingerprint density at radius 3 is 2.20 bits per heavy atom. The lowest BCUT2D eigenvalue weighted by atomic mass is 9.81. The van der Waals surface area contributed by atoms with Crippen LogP contribution in [0.15, 0.2) is 0 Å². The molecule has 0 spiro atoms. The molecule has 0 aromatic rings. The molecule has 0 aliphatic heterocycles. The standard InChI is InChI=1S/C15H26O2S3/c1-12(16)13-4-6-14(7-5-13)15(17)20-9-3-8-19-11-10-18-2/h13-14H,3-11H2,1-2H3. The second kappa shape index (κ2) is 11.0. The van der Waals surface area contributed by atoms with E-state index in [1.54, 1.807) is 6.92 Å². The quantitative estimate of drug-likeness (QED) is 0.592. The average molecular weight is 335 g/mol. The van der Waals surface area contributed by atoms with Crippen LogP contribution in [0.25, 0.3) is 0 Å². The van der Waals surface area contributed by atoms with Crippen LogP contribution >= 0.6 is 35.3 Å². The van der Waals surface area contributed by atoms with Gasteiger partial charge in [0.15, 0.2) is 5.12 Å². The maximum atomic E-state index is 12.1. The summed E-state index contributed by atoms with van der Waals surface area (Å²) in [6, 6.07) is 0. The van der Waals surface area contributed by atoms with Crippen molar-refractivity contribution in [2.24, 2.45) is 11.8 Å². The van der Waals surface area contributed by atoms with E-state index in [0.29, 0.717) is 10.9 Å². The van der Waals surface area contributed by atoms with E-state index in [9.17, 15) is 9.59 Å². The fourth-order valence-corrected chi connectivity index (χ4v) is 5.27. The van der Waals surface area contributed by atoms with Gasteiger partial charge in [0.2, 0.25) is 0 Å². The molecule has 0 amide bonds. The third-order valence-corrected chi connectivity index (χ3v) is 6.80. The van der Waals surface area contributed by atoms with Crippen molar-refractivity contribution < 1.29 is 9.59 Å². The summed E-state index contributed by atoms with van der Waals surface area (Å²) in [5.74, 6) is 5.28. The molecule has 0 atom stereocenters. The van der Waals surface area contributed by atoms with Crippen molar-refractivity contribution >= 4 is 46.2 Å². The van der Waals surface area contributed by atoms with Crippen LogP contribution in [-0.4, -0.2) is 40.2 Å². The Labute approximate surface area is 136 Å². The third-order valence-electron chi connectivity index (χ3n) is 3.74. The Balaban J connectivity index is 2.04. The molecule has 0 radical (unpaired) electrons. The molecule has 0 unspecified atom stereocenters. The van der Waals surface area contributed by atoms with Crippen LogP contribution < -0.4 is 0 Å². The third kappa shape index (κ3) is 7.41. The fourth-order valence-electron chi connectivity index (χ4n) is 2.43. The van der Waals surface area contributed by atoms with Gasteiger partial charge in [0.05, 0.1) is 0 Å². The minimum absolute atomic E-state index is 0.208. The van der Waals surface area contributed by atoms with Gasteiger partial charge in [-0.2, -0.15) is 23.5 Å². The highest BCUT2D eigenvalue weighted by Crippen LogP contribution is 2.32. The first-order valence-corrected chi connectivity index (χ1v) is 10.9. The SMILES string of the molecule is CSCCSCCCSC(=O)C1CCC(C(C)=O)CC1. The van der Waals surface area contributed by atoms with Gasteiger partial charge in [0.25, 0.3) is 0 Å². The van der Waals surface area contributed by atoms with Gasteiger partial charge < -0.3 is 0 Å². The molecule has 1 rings (SSSR count). The zero-order chi connectivity index (χ0) is 14.8. The van der Waals surface area contributed by atoms with Crippen molar-refractivity contribution in [3.63, 3.8) is 0 Å². The van der Waals surface area contributed by atoms with Crippen LogP contribution in [0.3, 0.4) is 0 Å². The van der Waals surface area contributed by atoms with Crippen LogP contribution in [0, 0.1) is 11.8 Å². The molecule has 0 aromatic carbocycles. The van der Waals surface area contributed by atoms with E-state index in [4.69, 9.17) is 0 Å². The number of carbonyl (C=O) groups is 2. The highest BCUT2D eigenvalue weighted by Gasteiger charge is 2.28. The topological polar surface area (TPSA) is 34.1 Å². The maximum absolute atomic E-state index is 12.1. The number of Topliss-reactive ketones (excluding diaryl/α,β-unsaturated/α-hetero) is 1. The molecule has 1 fully saturated rings. The van der Waals surface area contributed by atoms with E-state index in [1.165, 1.54) is 23.3 Å². The van der Waals surface area contributed by atoms with Crippen LogP contribution in [0.5, 0.6) is 0 Å². The van der Waals surface area contributed by atoms with Crippen LogP contribution in [0.1, 0.15) is 39.0 Å². The summed E-state index contributed by atoms with van der Waals surface area (Å²) >= 11 is 5.39. The van der Waals surface area contributed by atoms with Crippen LogP contribution in [-0.2, 0) is 9.59 Å². The molecule has 0 aromatic heterocycles. The highest BCUT2D eigenvalue weighted by atomic mass is 32.2. The van der Waals surface area contributed by atoms with E-state index >= 15 is 0 Å². The lowest BCUT2D eigenvalue weighted by Gasteiger charge is -2.25. The van der Waals surface area contributed by atoms with Crippen molar-refractivity contribution in [1.82, 2.24) is 0 Å². The Kier molecular flexibility index (Phi) is 10.2. The monoisotopic (exact) mass is 334 g/mol. The van der Waals surface area contributed by atoms with Crippen LogP contribution in [0.4, 0.5) is 0 Å². The van der Waals surface area contributed by atoms with E-state index < -0.39 is 0 Å². The summed E-state index contributed by atoms with van der Waals surface area (Å²) in [5.41, 5.74) is 0. The largest absolute Gasteiger partial charge is 0.300 e. The van der Waals surface area contributed by atoms with Gasteiger partial charge in [-0.05, 0) is 51.0 Å². The van der Waals surface area contributed by atoms with Crippen molar-refractivity contribution in [2.75, 3.05) is 29.3 Å². The van der Waals surface area contributed by atoms with Crippen molar-refractivity contribution in [2.45, 2.75) is 39.0 Å². The molecule has 1 saturated carbocycles. The Bertz CT molecular complexity index is 299. The van der Waals surface area contributed by atoms with E-state index in [1.807, 2.05) is 23.5 Å². The molecule has 0 bridgehead atoms. The molecule has 0 N–H and O–H groups in total. The van der Waals surface area contributed by atoms with Gasteiger partial charge in [-0.3, -0.25) is 9.59 Å². The normalized spacial score (nSPS) is 22.7. The summed E-state index contributed by atoms with van der Waals surface area (Å²) in [7, 11) is 0. The molecular formula is C15H26O2S3. The van der Waals surface area contributed by atoms with Crippen molar-refractivity contribution in [1.29, 1.82) is 0 Å². The molecule has 20 heavy (non-hydrogen) atoms. The predicted molar refractivity (Wildman–Crippen MR) is 93.9 cm³/mol. The molecule has 1 aliphatic carbocycles. The number of ketones is 1. The number of hydrogen-bond acceptors (Lipinski definition) is 5. The van der Waals surface area contributed by atoms with Crippen molar-refractivity contribution in [3.05, 3.63) is 0 Å². The van der Waals surface area contributed by atoms with E-state index in [-0.39, 0.29) is 11.8 Å². The predicted octanol–water partition coefficient (Wildman–Crippen LogP) is 4.13. The van der Waals surface area contributed by atoms with Gasteiger partial charge >= 0.3 is 0 Å². The lowest BCUT2D eigenvalue weighted by molar-refractivity contribution is -0.123. The minimum Gasteiger partial charge on any atom is -0.300 e. The lowest BCUT2D eigenvalue weighted by Crippen LogP contribution is -2.23. The minimum atomic E-state index is 0.208. The molecule has 0 heterocycles. The zero-order valence-electron chi connectivity index (χ0n) is 12.6. The van der Waals surface area contributed by atoms with Gasteiger partial charge in [0.1, 0.15) is 5.78 Å². The number of thioether (sulfide) groups is 3. The summed E-state index contributed by atoms with van der Waals surface area (Å²) in [5, 5.41) is 0.362. The molecule has 116 valence electrons. The summed E-state index contributed by atoms with van der Waals surface area (Å²) < 4.78 is 0. The van der Waals surface area contributed by atoms with E-state index in [2.05, 4.69) is 6.26 Å². The Hall–Kier alpha value is 0.390. The second-order valence-electron chi connectivity index (χ2n) is 5.29. The average Bonchev–Trinajstić information content (AvgIpc) is 2.46. The number of rotatable bonds is 9. The molecule has 5 heteroatoms. The molecular weight excluding hydrogens is 308 g/mol. The van der Waals surface area contributed by atoms with Gasteiger partial charge in [-0.15, -0.1) is 0 Å². The number of carbonyl (C=O) groups excluding carboxylic acids is 2. The first-order valence-electron chi connectivity index (χ1n) is 7.39. The zero-order valence-corrected chi connectivity index (χ0v) is 15.0. The summed E-state index contributed by atoms with van der Waals surface area (Å²) in [6.07, 6.45) is 6.92. The van der Waals surface area contributed by atoms with Gasteiger partial charge in [-0.25, -0.2) is 0 Å². The summed E-state index contributed by atoms with van der Waals surface area (Å²) in [4.78, 5) is 23.4. The first kappa shape index (κ1) is 18.4. The van der Waals surface area contributed by atoms with E-state index in [0.717, 1.165) is 43.6 Å². The van der Waals surface area contributed by atoms with Crippen LogP contribution in [0.2, 0.25) is 0 Å². The van der Waals surface area contributed by atoms with Gasteiger partial charge in [0, 0.05) is 29.1 Å². The Morgan fingerprint density at radius 2 is 1.60 bits per heavy atom. The van der Waals surface area contributed by atoms with Crippen molar-refractivity contribution in [3.8, 4) is 0 Å². The number of hydrogen-bond donors (Lipinski definition) is 0. The second-order valence-corrected chi connectivity index (χ2v) is 8.60. The smallest absolute Gasteiger partial charge is 0.192 e. The summed E-state index contributed by atoms with van der Waals surface area (Å²) in [6.45, 7) is 1.68. The highest BCUT2D eigenvalue weighted by molar-refractivity contribution is 8.13. The maximum Gasteiger partial charge on any atom is 0.192 e.